The average Bonchev–Trinajstić information content (AvgIpc) is 3.49. The molecule has 8 heteroatoms. The second kappa shape index (κ2) is 6.34. The molecule has 4 rings (SSSR count). The van der Waals surface area contributed by atoms with Crippen molar-refractivity contribution in [2.45, 2.75) is 19.0 Å². The lowest BCUT2D eigenvalue weighted by molar-refractivity contribution is -0.120. The molecule has 2 aliphatic heterocycles. The summed E-state index contributed by atoms with van der Waals surface area (Å²) >= 11 is 0. The predicted molar refractivity (Wildman–Crippen MR) is 89.2 cm³/mol. The first kappa shape index (κ1) is 15.9. The second-order valence-corrected chi connectivity index (χ2v) is 6.42. The van der Waals surface area contributed by atoms with Crippen molar-refractivity contribution in [3.8, 4) is 0 Å². The zero-order chi connectivity index (χ0) is 17.4. The van der Waals surface area contributed by atoms with Gasteiger partial charge in [0.1, 0.15) is 5.69 Å². The van der Waals surface area contributed by atoms with Crippen LogP contribution in [0.4, 0.5) is 4.39 Å². The molecule has 0 N–H and O–H groups in total. The highest BCUT2D eigenvalue weighted by atomic mass is 19.1. The number of carbonyl (C=O) groups excluding carboxylic acids is 2. The van der Waals surface area contributed by atoms with Crippen molar-refractivity contribution in [3.05, 3.63) is 30.1 Å². The van der Waals surface area contributed by atoms with Crippen LogP contribution in [0.25, 0.3) is 0 Å². The Morgan fingerprint density at radius 1 is 1.12 bits per heavy atom. The molecule has 2 amide bonds. The first-order valence-corrected chi connectivity index (χ1v) is 8.44. The summed E-state index contributed by atoms with van der Waals surface area (Å²) in [7, 11) is 0. The van der Waals surface area contributed by atoms with Crippen LogP contribution in [0.3, 0.4) is 0 Å². The van der Waals surface area contributed by atoms with Crippen molar-refractivity contribution in [1.82, 2.24) is 14.8 Å². The Labute approximate surface area is 144 Å². The minimum absolute atomic E-state index is 0.0801. The third-order valence-corrected chi connectivity index (χ3v) is 4.65. The van der Waals surface area contributed by atoms with E-state index in [1.54, 1.807) is 29.3 Å². The summed E-state index contributed by atoms with van der Waals surface area (Å²) in [6.07, 6.45) is 1.66. The van der Waals surface area contributed by atoms with Gasteiger partial charge in [0.15, 0.2) is 0 Å². The fourth-order valence-electron chi connectivity index (χ4n) is 3.06. The number of carbonyl (C=O) groups is 2. The normalized spacial score (nSPS) is 24.0. The van der Waals surface area contributed by atoms with Crippen molar-refractivity contribution < 1.29 is 14.0 Å². The molecule has 130 valence electrons. The van der Waals surface area contributed by atoms with Gasteiger partial charge >= 0.3 is 0 Å². The molecular formula is C17H18FN5O2. The van der Waals surface area contributed by atoms with E-state index in [1.165, 1.54) is 0 Å². The highest BCUT2D eigenvalue weighted by Gasteiger charge is 2.40. The predicted octanol–water partition coefficient (Wildman–Crippen LogP) is 0.925. The molecule has 0 radical (unpaired) electrons. The van der Waals surface area contributed by atoms with E-state index in [0.717, 1.165) is 12.8 Å². The Hall–Kier alpha value is -2.64. The molecule has 1 saturated heterocycles. The van der Waals surface area contributed by atoms with E-state index in [2.05, 4.69) is 15.0 Å². The van der Waals surface area contributed by atoms with Gasteiger partial charge in [0, 0.05) is 38.3 Å². The number of amides is 2. The largest absolute Gasteiger partial charge is 0.337 e. The summed E-state index contributed by atoms with van der Waals surface area (Å²) in [6.45, 7) is 1.97. The first-order chi connectivity index (χ1) is 12.1. The van der Waals surface area contributed by atoms with Crippen molar-refractivity contribution in [1.29, 1.82) is 0 Å². The summed E-state index contributed by atoms with van der Waals surface area (Å²) in [6, 6.07) is 5.23. The van der Waals surface area contributed by atoms with Crippen LogP contribution in [-0.4, -0.2) is 70.6 Å². The van der Waals surface area contributed by atoms with Gasteiger partial charge in [0.2, 0.25) is 12.1 Å². The quantitative estimate of drug-likeness (QED) is 0.800. The van der Waals surface area contributed by atoms with Crippen LogP contribution in [-0.2, 0) is 4.79 Å². The maximum absolute atomic E-state index is 14.0. The number of rotatable bonds is 2. The zero-order valence-electron chi connectivity index (χ0n) is 13.6. The van der Waals surface area contributed by atoms with Gasteiger partial charge in [-0.1, -0.05) is 6.07 Å². The van der Waals surface area contributed by atoms with E-state index in [4.69, 9.17) is 0 Å². The van der Waals surface area contributed by atoms with Crippen LogP contribution in [0.15, 0.2) is 34.4 Å². The average molecular weight is 343 g/mol. The van der Waals surface area contributed by atoms with Gasteiger partial charge in [-0.2, -0.15) is 4.99 Å². The molecule has 0 aromatic carbocycles. The molecule has 1 atom stereocenters. The number of halogens is 1. The summed E-state index contributed by atoms with van der Waals surface area (Å²) in [4.78, 5) is 40.0. The molecule has 2 fully saturated rings. The lowest BCUT2D eigenvalue weighted by atomic mass is 10.1. The molecule has 1 aromatic rings. The number of nitrogens with zero attached hydrogens (tertiary/aromatic N) is 5. The maximum Gasteiger partial charge on any atom is 0.289 e. The molecule has 1 unspecified atom stereocenters. The molecule has 7 nitrogen and oxygen atoms in total. The van der Waals surface area contributed by atoms with Gasteiger partial charge in [0.25, 0.3) is 11.8 Å². The number of piperazine rings is 1. The lowest BCUT2D eigenvalue weighted by Gasteiger charge is -2.35. The molecule has 25 heavy (non-hydrogen) atoms. The fraction of sp³-hybridized carbons (Fsp3) is 0.471. The maximum atomic E-state index is 14.0. The van der Waals surface area contributed by atoms with Crippen molar-refractivity contribution in [2.75, 3.05) is 26.2 Å². The highest BCUT2D eigenvalue weighted by Crippen LogP contribution is 2.34. The number of pyridine rings is 1. The van der Waals surface area contributed by atoms with Gasteiger partial charge in [0.05, 0.1) is 5.71 Å². The third-order valence-electron chi connectivity index (χ3n) is 4.65. The highest BCUT2D eigenvalue weighted by molar-refractivity contribution is 6.18. The number of aliphatic imine (C=N–C) groups is 2. The molecule has 1 aliphatic carbocycles. The van der Waals surface area contributed by atoms with Crippen LogP contribution >= 0.6 is 0 Å². The molecule has 1 aromatic heterocycles. The molecule has 0 spiro atoms. The standard InChI is InChI=1S/C17H18FN5O2/c18-13-14(11-4-5-11)20-17(21-15(13)24)23-9-7-22(8-10-23)16(25)12-3-1-2-6-19-12/h1-3,6,11,13H,4-5,7-10H2. The summed E-state index contributed by atoms with van der Waals surface area (Å²) in [5.74, 6) is -0.519. The van der Waals surface area contributed by atoms with Gasteiger partial charge in [-0.25, -0.2) is 9.38 Å². The zero-order valence-corrected chi connectivity index (χ0v) is 13.6. The van der Waals surface area contributed by atoms with Crippen LogP contribution in [0.2, 0.25) is 0 Å². The summed E-state index contributed by atoms with van der Waals surface area (Å²) in [5.41, 5.74) is 0.734. The van der Waals surface area contributed by atoms with E-state index in [-0.39, 0.29) is 17.8 Å². The fourth-order valence-corrected chi connectivity index (χ4v) is 3.06. The minimum atomic E-state index is -1.69. The molecule has 0 bridgehead atoms. The first-order valence-electron chi connectivity index (χ1n) is 8.44. The van der Waals surface area contributed by atoms with Gasteiger partial charge < -0.3 is 9.80 Å². The molecule has 3 heterocycles. The van der Waals surface area contributed by atoms with E-state index in [9.17, 15) is 14.0 Å². The topological polar surface area (TPSA) is 78.2 Å². The second-order valence-electron chi connectivity index (χ2n) is 6.42. The number of hydrogen-bond donors (Lipinski definition) is 0. The summed E-state index contributed by atoms with van der Waals surface area (Å²) in [5, 5.41) is 0. The third kappa shape index (κ3) is 3.16. The minimum Gasteiger partial charge on any atom is -0.337 e. The van der Waals surface area contributed by atoms with Crippen LogP contribution < -0.4 is 0 Å². The van der Waals surface area contributed by atoms with E-state index in [1.807, 2.05) is 4.90 Å². The molecule has 1 saturated carbocycles. The number of aromatic nitrogens is 1. The number of alkyl halides is 1. The van der Waals surface area contributed by atoms with E-state index < -0.39 is 12.1 Å². The van der Waals surface area contributed by atoms with Gasteiger partial charge in [-0.3, -0.25) is 14.6 Å². The number of hydrogen-bond acceptors (Lipinski definition) is 5. The van der Waals surface area contributed by atoms with E-state index >= 15 is 0 Å². The Kier molecular flexibility index (Phi) is 4.03. The van der Waals surface area contributed by atoms with Crippen LogP contribution in [0.1, 0.15) is 23.3 Å². The Morgan fingerprint density at radius 2 is 1.88 bits per heavy atom. The van der Waals surface area contributed by atoms with E-state index in [0.29, 0.717) is 37.6 Å². The monoisotopic (exact) mass is 343 g/mol. The van der Waals surface area contributed by atoms with Gasteiger partial charge in [-0.05, 0) is 25.0 Å². The van der Waals surface area contributed by atoms with Crippen molar-refractivity contribution in [3.63, 3.8) is 0 Å². The van der Waals surface area contributed by atoms with Crippen molar-refractivity contribution >= 4 is 23.5 Å². The van der Waals surface area contributed by atoms with Gasteiger partial charge in [-0.15, -0.1) is 0 Å². The Bertz CT molecular complexity index is 752. The van der Waals surface area contributed by atoms with Crippen molar-refractivity contribution in [2.24, 2.45) is 15.9 Å². The summed E-state index contributed by atoms with van der Waals surface area (Å²) < 4.78 is 14.0. The molecular weight excluding hydrogens is 325 g/mol. The SMILES string of the molecule is O=C1N=C(N2CCN(C(=O)c3ccccn3)CC2)N=C(C2CC2)C1F. The van der Waals surface area contributed by atoms with Crippen LogP contribution in [0.5, 0.6) is 0 Å². The Morgan fingerprint density at radius 3 is 2.52 bits per heavy atom. The lowest BCUT2D eigenvalue weighted by Crippen LogP contribution is -2.51. The number of guanidine groups is 1. The smallest absolute Gasteiger partial charge is 0.289 e. The van der Waals surface area contributed by atoms with Crippen LogP contribution in [0, 0.1) is 5.92 Å². The molecule has 3 aliphatic rings. The Balaban J connectivity index is 1.43.